The molecule has 1 amide bonds. The Morgan fingerprint density at radius 1 is 1.14 bits per heavy atom. The lowest BCUT2D eigenvalue weighted by Gasteiger charge is -2.32. The van der Waals surface area contributed by atoms with Crippen LogP contribution in [0.4, 0.5) is 4.39 Å². The average Bonchev–Trinajstić information content (AvgIpc) is 3.25. The minimum absolute atomic E-state index is 0.180. The fraction of sp³-hybridized carbons (Fsp3) is 0.300. The summed E-state index contributed by atoms with van der Waals surface area (Å²) in [5, 5.41) is 0. The summed E-state index contributed by atoms with van der Waals surface area (Å²) in [5.41, 5.74) is 1.05. The molecule has 0 saturated carbocycles. The van der Waals surface area contributed by atoms with E-state index in [9.17, 15) is 9.18 Å². The summed E-state index contributed by atoms with van der Waals surface area (Å²) in [4.78, 5) is 29.6. The normalized spacial score (nSPS) is 14.8. The number of methoxy groups -OCH3 is 1. The maximum Gasteiger partial charge on any atom is 0.274 e. The van der Waals surface area contributed by atoms with Crippen LogP contribution in [0.2, 0.25) is 0 Å². The predicted molar refractivity (Wildman–Crippen MR) is 105 cm³/mol. The standard InChI is InChI=1S/C20H21FN6O2/c1-29-18-6-5-15(12-23-18)19-24-16(13-27(19)17-4-2-3-7-22-17)20(28)26-10-8-25(14-21)9-11-26/h2-7,12-13H,8-11,14H2,1H3. The molecule has 1 saturated heterocycles. The number of rotatable bonds is 5. The zero-order valence-electron chi connectivity index (χ0n) is 16.0. The van der Waals surface area contributed by atoms with Gasteiger partial charge < -0.3 is 9.64 Å². The number of alkyl halides is 1. The van der Waals surface area contributed by atoms with Crippen molar-refractivity contribution >= 4 is 5.91 Å². The van der Waals surface area contributed by atoms with Crippen LogP contribution in [-0.4, -0.2) is 75.3 Å². The Balaban J connectivity index is 1.68. The third-order valence-electron chi connectivity index (χ3n) is 4.85. The molecule has 0 aliphatic carbocycles. The summed E-state index contributed by atoms with van der Waals surface area (Å²) in [6.07, 6.45) is 5.02. The van der Waals surface area contributed by atoms with Crippen molar-refractivity contribution in [1.82, 2.24) is 29.3 Å². The van der Waals surface area contributed by atoms with Crippen LogP contribution in [0.15, 0.2) is 48.9 Å². The quantitative estimate of drug-likeness (QED) is 0.614. The first-order valence-electron chi connectivity index (χ1n) is 9.28. The fourth-order valence-electron chi connectivity index (χ4n) is 3.22. The predicted octanol–water partition coefficient (Wildman–Crippen LogP) is 2.02. The molecular weight excluding hydrogens is 375 g/mol. The van der Waals surface area contributed by atoms with Crippen molar-refractivity contribution in [2.24, 2.45) is 0 Å². The second kappa shape index (κ2) is 8.36. The van der Waals surface area contributed by atoms with Gasteiger partial charge in [-0.25, -0.2) is 19.3 Å². The third kappa shape index (κ3) is 3.95. The molecule has 4 rings (SSSR count). The number of amides is 1. The van der Waals surface area contributed by atoms with Crippen molar-refractivity contribution in [1.29, 1.82) is 0 Å². The second-order valence-electron chi connectivity index (χ2n) is 6.63. The molecule has 9 heteroatoms. The lowest BCUT2D eigenvalue weighted by atomic mass is 10.2. The number of pyridine rings is 2. The van der Waals surface area contributed by atoms with E-state index < -0.39 is 6.80 Å². The van der Waals surface area contributed by atoms with Crippen molar-refractivity contribution < 1.29 is 13.9 Å². The Labute approximate surface area is 167 Å². The lowest BCUT2D eigenvalue weighted by Crippen LogP contribution is -2.48. The molecule has 150 valence electrons. The Morgan fingerprint density at radius 3 is 2.59 bits per heavy atom. The van der Waals surface area contributed by atoms with Crippen LogP contribution in [0, 0.1) is 0 Å². The van der Waals surface area contributed by atoms with Crippen molar-refractivity contribution in [3.05, 3.63) is 54.6 Å². The molecular formula is C20H21FN6O2. The molecule has 1 aliphatic rings. The Kier molecular flexibility index (Phi) is 5.48. The molecule has 0 atom stereocenters. The number of ether oxygens (including phenoxy) is 1. The van der Waals surface area contributed by atoms with Crippen molar-refractivity contribution in [3.63, 3.8) is 0 Å². The summed E-state index contributed by atoms with van der Waals surface area (Å²) >= 11 is 0. The van der Waals surface area contributed by atoms with Gasteiger partial charge in [-0.1, -0.05) is 6.07 Å². The zero-order chi connectivity index (χ0) is 20.2. The molecule has 29 heavy (non-hydrogen) atoms. The van der Waals surface area contributed by atoms with Gasteiger partial charge in [0.15, 0.2) is 0 Å². The number of aromatic nitrogens is 4. The molecule has 0 N–H and O–H groups in total. The first kappa shape index (κ1) is 19.0. The molecule has 1 aliphatic heterocycles. The van der Waals surface area contributed by atoms with E-state index in [1.54, 1.807) is 46.1 Å². The van der Waals surface area contributed by atoms with Crippen LogP contribution in [0.5, 0.6) is 5.88 Å². The van der Waals surface area contributed by atoms with Crippen LogP contribution in [0.1, 0.15) is 10.5 Å². The molecule has 4 heterocycles. The number of imidazole rings is 1. The molecule has 3 aromatic heterocycles. The molecule has 0 unspecified atom stereocenters. The number of halogens is 1. The van der Waals surface area contributed by atoms with E-state index in [2.05, 4.69) is 15.0 Å². The summed E-state index contributed by atoms with van der Waals surface area (Å²) in [5.74, 6) is 1.52. The van der Waals surface area contributed by atoms with Crippen molar-refractivity contribution in [3.8, 4) is 23.1 Å². The van der Waals surface area contributed by atoms with Gasteiger partial charge in [0.25, 0.3) is 5.91 Å². The van der Waals surface area contributed by atoms with Crippen LogP contribution in [0.25, 0.3) is 17.2 Å². The highest BCUT2D eigenvalue weighted by Crippen LogP contribution is 2.24. The smallest absolute Gasteiger partial charge is 0.274 e. The minimum atomic E-state index is -0.495. The third-order valence-corrected chi connectivity index (χ3v) is 4.85. The summed E-state index contributed by atoms with van der Waals surface area (Å²) in [7, 11) is 1.55. The van der Waals surface area contributed by atoms with Gasteiger partial charge in [-0.2, -0.15) is 0 Å². The molecule has 0 aromatic carbocycles. The van der Waals surface area contributed by atoms with E-state index in [1.165, 1.54) is 0 Å². The Bertz CT molecular complexity index is 968. The number of carbonyl (C=O) groups is 1. The van der Waals surface area contributed by atoms with E-state index in [1.807, 2.05) is 24.3 Å². The molecule has 3 aromatic rings. The maximum atomic E-state index is 13.0. The molecule has 0 bridgehead atoms. The Morgan fingerprint density at radius 2 is 1.97 bits per heavy atom. The monoisotopic (exact) mass is 396 g/mol. The number of hydrogen-bond donors (Lipinski definition) is 0. The summed E-state index contributed by atoms with van der Waals surface area (Å²) < 4.78 is 19.7. The van der Waals surface area contributed by atoms with Crippen LogP contribution < -0.4 is 4.74 Å². The van der Waals surface area contributed by atoms with E-state index in [0.717, 1.165) is 5.56 Å². The van der Waals surface area contributed by atoms with Crippen molar-refractivity contribution in [2.45, 2.75) is 0 Å². The molecule has 8 nitrogen and oxygen atoms in total. The highest BCUT2D eigenvalue weighted by molar-refractivity contribution is 5.93. The van der Waals surface area contributed by atoms with Crippen LogP contribution in [0.3, 0.4) is 0 Å². The van der Waals surface area contributed by atoms with E-state index in [-0.39, 0.29) is 5.91 Å². The number of piperazine rings is 1. The van der Waals surface area contributed by atoms with Gasteiger partial charge in [0, 0.05) is 56.4 Å². The van der Waals surface area contributed by atoms with E-state index >= 15 is 0 Å². The first-order chi connectivity index (χ1) is 14.2. The van der Waals surface area contributed by atoms with Gasteiger partial charge in [0.05, 0.1) is 7.11 Å². The summed E-state index contributed by atoms with van der Waals surface area (Å²) in [6.45, 7) is 1.47. The SMILES string of the molecule is COc1ccc(-c2nc(C(=O)N3CCN(CF)CC3)cn2-c2ccccn2)cn1. The van der Waals surface area contributed by atoms with Crippen LogP contribution in [-0.2, 0) is 0 Å². The molecule has 0 radical (unpaired) electrons. The van der Waals surface area contributed by atoms with Gasteiger partial charge in [-0.05, 0) is 18.2 Å². The lowest BCUT2D eigenvalue weighted by molar-refractivity contribution is 0.0567. The zero-order valence-corrected chi connectivity index (χ0v) is 16.0. The number of carbonyl (C=O) groups excluding carboxylic acids is 1. The molecule has 0 spiro atoms. The van der Waals surface area contributed by atoms with Gasteiger partial charge in [0.1, 0.15) is 24.1 Å². The highest BCUT2D eigenvalue weighted by Gasteiger charge is 2.25. The van der Waals surface area contributed by atoms with E-state index in [0.29, 0.717) is 49.4 Å². The second-order valence-corrected chi connectivity index (χ2v) is 6.63. The van der Waals surface area contributed by atoms with Gasteiger partial charge >= 0.3 is 0 Å². The summed E-state index contributed by atoms with van der Waals surface area (Å²) in [6, 6.07) is 9.12. The van der Waals surface area contributed by atoms with Crippen LogP contribution >= 0.6 is 0 Å². The largest absolute Gasteiger partial charge is 0.481 e. The number of hydrogen-bond acceptors (Lipinski definition) is 6. The van der Waals surface area contributed by atoms with Gasteiger partial charge in [-0.15, -0.1) is 0 Å². The first-order valence-corrected chi connectivity index (χ1v) is 9.28. The average molecular weight is 396 g/mol. The Hall–Kier alpha value is -3.33. The van der Waals surface area contributed by atoms with Gasteiger partial charge in [-0.3, -0.25) is 14.3 Å². The fourth-order valence-corrected chi connectivity index (χ4v) is 3.22. The van der Waals surface area contributed by atoms with E-state index in [4.69, 9.17) is 4.74 Å². The van der Waals surface area contributed by atoms with Gasteiger partial charge in [0.2, 0.25) is 5.88 Å². The van der Waals surface area contributed by atoms with Crippen molar-refractivity contribution in [2.75, 3.05) is 40.1 Å². The topological polar surface area (TPSA) is 76.4 Å². The number of nitrogens with zero attached hydrogens (tertiary/aromatic N) is 6. The maximum absolute atomic E-state index is 13.0. The minimum Gasteiger partial charge on any atom is -0.481 e. The highest BCUT2D eigenvalue weighted by atomic mass is 19.1. The molecule has 1 fully saturated rings.